The molecule has 15 heavy (non-hydrogen) atoms. The Morgan fingerprint density at radius 3 is 2.33 bits per heavy atom. The molecule has 90 valence electrons. The molecule has 0 saturated carbocycles. The fourth-order valence-corrected chi connectivity index (χ4v) is 1.43. The number of ether oxygens (including phenoxy) is 1. The van der Waals surface area contributed by atoms with E-state index in [1.807, 2.05) is 20.8 Å². The Balaban J connectivity index is 3.97. The zero-order valence-electron chi connectivity index (χ0n) is 9.95. The molecule has 0 aromatic heterocycles. The SMILES string of the molecule is CC(C)(C)C(CCCCCO)OC(N)=O. The Hall–Kier alpha value is -0.770. The normalized spacial score (nSPS) is 13.6. The smallest absolute Gasteiger partial charge is 0.404 e. The van der Waals surface area contributed by atoms with Gasteiger partial charge in [0.05, 0.1) is 0 Å². The van der Waals surface area contributed by atoms with Gasteiger partial charge in [-0.05, 0) is 24.7 Å². The molecule has 0 heterocycles. The minimum Gasteiger partial charge on any atom is -0.446 e. The fourth-order valence-electron chi connectivity index (χ4n) is 1.43. The van der Waals surface area contributed by atoms with Gasteiger partial charge in [0.2, 0.25) is 0 Å². The second kappa shape index (κ2) is 6.67. The molecule has 0 spiro atoms. The molecule has 4 nitrogen and oxygen atoms in total. The first kappa shape index (κ1) is 14.2. The van der Waals surface area contributed by atoms with Gasteiger partial charge in [0.15, 0.2) is 0 Å². The van der Waals surface area contributed by atoms with E-state index in [9.17, 15) is 4.79 Å². The number of nitrogens with two attached hydrogens (primary N) is 1. The van der Waals surface area contributed by atoms with E-state index in [2.05, 4.69) is 0 Å². The molecule has 3 N–H and O–H groups in total. The Kier molecular flexibility index (Phi) is 6.32. The van der Waals surface area contributed by atoms with Crippen LogP contribution in [0.15, 0.2) is 0 Å². The summed E-state index contributed by atoms with van der Waals surface area (Å²) in [5.41, 5.74) is 4.93. The van der Waals surface area contributed by atoms with Crippen molar-refractivity contribution >= 4 is 6.09 Å². The van der Waals surface area contributed by atoms with Gasteiger partial charge in [-0.3, -0.25) is 0 Å². The summed E-state index contributed by atoms with van der Waals surface area (Å²) in [5.74, 6) is 0. The third kappa shape index (κ3) is 7.19. The minimum absolute atomic E-state index is 0.0890. The number of carbonyl (C=O) groups is 1. The third-order valence-electron chi connectivity index (χ3n) is 2.35. The standard InChI is InChI=1S/C11H23NO3/c1-11(2,3)9(15-10(12)14)7-5-4-6-8-13/h9,13H,4-8H2,1-3H3,(H2,12,14). The van der Waals surface area contributed by atoms with Crippen LogP contribution in [0.3, 0.4) is 0 Å². The predicted molar refractivity (Wildman–Crippen MR) is 59.5 cm³/mol. The lowest BCUT2D eigenvalue weighted by Crippen LogP contribution is -2.33. The molecule has 4 heteroatoms. The highest BCUT2D eigenvalue weighted by molar-refractivity contribution is 5.64. The summed E-state index contributed by atoms with van der Waals surface area (Å²) in [6.07, 6.45) is 2.63. The number of unbranched alkanes of at least 4 members (excludes halogenated alkanes) is 2. The molecule has 0 aliphatic rings. The molecular formula is C11H23NO3. The molecule has 0 aliphatic heterocycles. The Bertz CT molecular complexity index is 187. The van der Waals surface area contributed by atoms with Crippen LogP contribution in [-0.2, 0) is 4.74 Å². The van der Waals surface area contributed by atoms with Crippen LogP contribution in [0.2, 0.25) is 0 Å². The van der Waals surface area contributed by atoms with Crippen molar-refractivity contribution in [1.29, 1.82) is 0 Å². The maximum atomic E-state index is 10.7. The second-order valence-electron chi connectivity index (χ2n) is 4.86. The maximum absolute atomic E-state index is 10.7. The largest absolute Gasteiger partial charge is 0.446 e. The Morgan fingerprint density at radius 2 is 1.93 bits per heavy atom. The first-order valence-corrected chi connectivity index (χ1v) is 5.45. The lowest BCUT2D eigenvalue weighted by atomic mass is 9.86. The topological polar surface area (TPSA) is 72.6 Å². The first-order valence-electron chi connectivity index (χ1n) is 5.45. The van der Waals surface area contributed by atoms with Crippen LogP contribution in [-0.4, -0.2) is 23.9 Å². The van der Waals surface area contributed by atoms with Crippen molar-refractivity contribution in [3.05, 3.63) is 0 Å². The molecule has 0 bridgehead atoms. The summed E-state index contributed by atoms with van der Waals surface area (Å²) in [6.45, 7) is 6.28. The summed E-state index contributed by atoms with van der Waals surface area (Å²) in [7, 11) is 0. The van der Waals surface area contributed by atoms with Gasteiger partial charge in [-0.15, -0.1) is 0 Å². The molecule has 1 atom stereocenters. The molecule has 0 radical (unpaired) electrons. The highest BCUT2D eigenvalue weighted by atomic mass is 16.6. The van der Waals surface area contributed by atoms with Gasteiger partial charge >= 0.3 is 6.09 Å². The number of hydrogen-bond acceptors (Lipinski definition) is 3. The van der Waals surface area contributed by atoms with Gasteiger partial charge in [0.1, 0.15) is 6.10 Å². The van der Waals surface area contributed by atoms with Crippen LogP contribution in [0, 0.1) is 5.41 Å². The number of aliphatic hydroxyl groups is 1. The van der Waals surface area contributed by atoms with E-state index in [1.165, 1.54) is 0 Å². The van der Waals surface area contributed by atoms with Crippen LogP contribution >= 0.6 is 0 Å². The Morgan fingerprint density at radius 1 is 1.33 bits per heavy atom. The summed E-state index contributed by atoms with van der Waals surface area (Å²) >= 11 is 0. The lowest BCUT2D eigenvalue weighted by molar-refractivity contribution is 0.0295. The van der Waals surface area contributed by atoms with E-state index in [0.29, 0.717) is 0 Å². The van der Waals surface area contributed by atoms with Crippen molar-refractivity contribution < 1.29 is 14.6 Å². The summed E-state index contributed by atoms with van der Waals surface area (Å²) in [6, 6.07) is 0. The van der Waals surface area contributed by atoms with E-state index in [4.69, 9.17) is 15.6 Å². The van der Waals surface area contributed by atoms with E-state index >= 15 is 0 Å². The molecule has 1 unspecified atom stereocenters. The van der Waals surface area contributed by atoms with E-state index in [0.717, 1.165) is 25.7 Å². The number of primary amides is 1. The highest BCUT2D eigenvalue weighted by Crippen LogP contribution is 2.26. The average molecular weight is 217 g/mol. The number of amides is 1. The number of rotatable bonds is 6. The number of hydrogen-bond donors (Lipinski definition) is 2. The van der Waals surface area contributed by atoms with Gasteiger partial charge < -0.3 is 15.6 Å². The Labute approximate surface area is 91.8 Å². The molecule has 0 rings (SSSR count). The van der Waals surface area contributed by atoms with Crippen LogP contribution < -0.4 is 5.73 Å². The van der Waals surface area contributed by atoms with Crippen molar-refractivity contribution in [3.63, 3.8) is 0 Å². The van der Waals surface area contributed by atoms with Gasteiger partial charge in [0, 0.05) is 6.61 Å². The van der Waals surface area contributed by atoms with Gasteiger partial charge in [-0.1, -0.05) is 27.2 Å². The van der Waals surface area contributed by atoms with Crippen molar-refractivity contribution in [2.75, 3.05) is 6.61 Å². The van der Waals surface area contributed by atoms with Gasteiger partial charge in [-0.2, -0.15) is 0 Å². The summed E-state index contributed by atoms with van der Waals surface area (Å²) in [5, 5.41) is 8.63. The zero-order chi connectivity index (χ0) is 11.9. The van der Waals surface area contributed by atoms with Crippen molar-refractivity contribution in [2.24, 2.45) is 11.1 Å². The number of carbonyl (C=O) groups excluding carboxylic acids is 1. The molecule has 0 aliphatic carbocycles. The molecule has 1 amide bonds. The molecule has 0 aromatic rings. The molecule has 0 saturated heterocycles. The van der Waals surface area contributed by atoms with E-state index in [-0.39, 0.29) is 18.1 Å². The number of aliphatic hydroxyl groups excluding tert-OH is 1. The second-order valence-corrected chi connectivity index (χ2v) is 4.86. The van der Waals surface area contributed by atoms with Crippen molar-refractivity contribution in [3.8, 4) is 0 Å². The van der Waals surface area contributed by atoms with E-state index < -0.39 is 6.09 Å². The fraction of sp³-hybridized carbons (Fsp3) is 0.909. The minimum atomic E-state index is -0.711. The zero-order valence-corrected chi connectivity index (χ0v) is 9.95. The first-order chi connectivity index (χ1) is 6.88. The monoisotopic (exact) mass is 217 g/mol. The van der Waals surface area contributed by atoms with Gasteiger partial charge in [-0.25, -0.2) is 4.79 Å². The van der Waals surface area contributed by atoms with E-state index in [1.54, 1.807) is 0 Å². The predicted octanol–water partition coefficient (Wildman–Crippen LogP) is 2.05. The summed E-state index contributed by atoms with van der Waals surface area (Å²) < 4.78 is 5.07. The lowest BCUT2D eigenvalue weighted by Gasteiger charge is -2.29. The quantitative estimate of drug-likeness (QED) is 0.669. The molecule has 0 fully saturated rings. The molecular weight excluding hydrogens is 194 g/mol. The van der Waals surface area contributed by atoms with Crippen LogP contribution in [0.1, 0.15) is 46.5 Å². The third-order valence-corrected chi connectivity index (χ3v) is 2.35. The van der Waals surface area contributed by atoms with Crippen molar-refractivity contribution in [1.82, 2.24) is 0 Å². The van der Waals surface area contributed by atoms with Gasteiger partial charge in [0.25, 0.3) is 0 Å². The van der Waals surface area contributed by atoms with Crippen LogP contribution in [0.5, 0.6) is 0 Å². The average Bonchev–Trinajstić information content (AvgIpc) is 2.08. The van der Waals surface area contributed by atoms with Crippen molar-refractivity contribution in [2.45, 2.75) is 52.6 Å². The summed E-state index contributed by atoms with van der Waals surface area (Å²) in [4.78, 5) is 10.7. The molecule has 0 aromatic carbocycles. The maximum Gasteiger partial charge on any atom is 0.404 e. The highest BCUT2D eigenvalue weighted by Gasteiger charge is 2.26. The van der Waals surface area contributed by atoms with Crippen LogP contribution in [0.4, 0.5) is 4.79 Å². The van der Waals surface area contributed by atoms with Crippen LogP contribution in [0.25, 0.3) is 0 Å².